The summed E-state index contributed by atoms with van der Waals surface area (Å²) in [6, 6.07) is -0.630. The fourth-order valence-electron chi connectivity index (χ4n) is 1.20. The van der Waals surface area contributed by atoms with Crippen LogP contribution in [0.3, 0.4) is 0 Å². The first-order valence-corrected chi connectivity index (χ1v) is 4.14. The van der Waals surface area contributed by atoms with E-state index in [1.165, 1.54) is 0 Å². The van der Waals surface area contributed by atoms with Crippen molar-refractivity contribution in [1.29, 1.82) is 0 Å². The van der Waals surface area contributed by atoms with Gasteiger partial charge >= 0.3 is 5.97 Å². The van der Waals surface area contributed by atoms with E-state index in [-0.39, 0.29) is 0 Å². The molecule has 0 saturated carbocycles. The lowest BCUT2D eigenvalue weighted by molar-refractivity contribution is 0.0691. The second-order valence-corrected chi connectivity index (χ2v) is 3.02. The predicted molar refractivity (Wildman–Crippen MR) is 48.0 cm³/mol. The molecule has 4 N–H and O–H groups in total. The molecule has 1 rings (SSSR count). The molecule has 0 aromatic heterocycles. The third kappa shape index (κ3) is 2.08. The fourth-order valence-corrected chi connectivity index (χ4v) is 1.20. The van der Waals surface area contributed by atoms with E-state index >= 15 is 0 Å². The first-order valence-electron chi connectivity index (χ1n) is 4.14. The van der Waals surface area contributed by atoms with Crippen molar-refractivity contribution in [2.24, 2.45) is 5.73 Å². The third-order valence-electron chi connectivity index (χ3n) is 2.00. The number of carbonyl (C=O) groups is 1. The van der Waals surface area contributed by atoms with Gasteiger partial charge in [0, 0.05) is 0 Å². The smallest absolute Gasteiger partial charge is 0.339 e. The molecule has 0 unspecified atom stereocenters. The van der Waals surface area contributed by atoms with Crippen molar-refractivity contribution in [2.75, 3.05) is 0 Å². The monoisotopic (exact) mass is 235 g/mol. The highest BCUT2D eigenvalue weighted by molar-refractivity contribution is 5.91. The van der Waals surface area contributed by atoms with Crippen LogP contribution in [0, 0.1) is 5.82 Å². The summed E-state index contributed by atoms with van der Waals surface area (Å²) in [6.45, 7) is 0. The third-order valence-corrected chi connectivity index (χ3v) is 2.00. The van der Waals surface area contributed by atoms with E-state index in [2.05, 4.69) is 0 Å². The quantitative estimate of drug-likeness (QED) is 0.741. The summed E-state index contributed by atoms with van der Waals surface area (Å²) in [7, 11) is 0. The van der Waals surface area contributed by atoms with E-state index in [1.54, 1.807) is 0 Å². The Morgan fingerprint density at radius 1 is 1.38 bits per heavy atom. The Hall–Kier alpha value is -1.76. The van der Waals surface area contributed by atoms with Crippen molar-refractivity contribution in [3.63, 3.8) is 0 Å². The van der Waals surface area contributed by atoms with Crippen molar-refractivity contribution in [3.05, 3.63) is 29.1 Å². The summed E-state index contributed by atoms with van der Waals surface area (Å²) >= 11 is 0. The molecular weight excluding hydrogens is 227 g/mol. The number of aromatic hydroxyl groups is 1. The number of benzene rings is 1. The van der Waals surface area contributed by atoms with Gasteiger partial charge in [-0.15, -0.1) is 0 Å². The van der Waals surface area contributed by atoms with E-state index in [9.17, 15) is 23.1 Å². The highest BCUT2D eigenvalue weighted by Crippen LogP contribution is 2.32. The number of phenols is 1. The molecule has 0 spiro atoms. The first-order chi connectivity index (χ1) is 7.36. The molecule has 16 heavy (non-hydrogen) atoms. The van der Waals surface area contributed by atoms with Gasteiger partial charge < -0.3 is 15.9 Å². The van der Waals surface area contributed by atoms with E-state index in [0.717, 1.165) is 6.07 Å². The van der Waals surface area contributed by atoms with Crippen molar-refractivity contribution >= 4 is 5.97 Å². The molecule has 0 heterocycles. The Balaban J connectivity index is 3.37. The summed E-state index contributed by atoms with van der Waals surface area (Å²) in [5, 5.41) is 17.9. The second kappa shape index (κ2) is 4.40. The summed E-state index contributed by atoms with van der Waals surface area (Å²) < 4.78 is 37.7. The first kappa shape index (κ1) is 12.3. The summed E-state index contributed by atoms with van der Waals surface area (Å²) in [4.78, 5) is 10.6. The second-order valence-electron chi connectivity index (χ2n) is 3.02. The molecule has 0 aliphatic carbocycles. The molecule has 4 nitrogen and oxygen atoms in total. The van der Waals surface area contributed by atoms with Gasteiger partial charge in [-0.2, -0.15) is 0 Å². The van der Waals surface area contributed by atoms with Crippen LogP contribution in [0.15, 0.2) is 12.1 Å². The number of alkyl halides is 2. The number of halogens is 3. The van der Waals surface area contributed by atoms with Crippen LogP contribution in [0.4, 0.5) is 13.2 Å². The normalized spacial score (nSPS) is 12.8. The van der Waals surface area contributed by atoms with Gasteiger partial charge in [-0.1, -0.05) is 0 Å². The zero-order valence-electron chi connectivity index (χ0n) is 7.82. The lowest BCUT2D eigenvalue weighted by Gasteiger charge is -2.14. The number of rotatable bonds is 3. The molecule has 0 fully saturated rings. The average Bonchev–Trinajstić information content (AvgIpc) is 2.16. The van der Waals surface area contributed by atoms with Crippen LogP contribution < -0.4 is 5.73 Å². The van der Waals surface area contributed by atoms with Crippen LogP contribution in [0.1, 0.15) is 22.0 Å². The number of carboxylic acid groups (broad SMARTS) is 1. The predicted octanol–water partition coefficient (Wildman–Crippen LogP) is 1.49. The van der Waals surface area contributed by atoms with Gasteiger partial charge in [-0.25, -0.2) is 18.0 Å². The van der Waals surface area contributed by atoms with E-state index in [1.807, 2.05) is 0 Å². The lowest BCUT2D eigenvalue weighted by atomic mass is 10.0. The lowest BCUT2D eigenvalue weighted by Crippen LogP contribution is -2.21. The standard InChI is InChI=1S/C9H8F3NO3/c10-4-2-1-3(9(15)16)7(14)5(4)6(13)8(11)12/h1-2,6,8,14H,13H2,(H,15,16)/t6-/m1/s1. The van der Waals surface area contributed by atoms with Gasteiger partial charge in [0.25, 0.3) is 6.43 Å². The van der Waals surface area contributed by atoms with Crippen LogP contribution in [0.25, 0.3) is 0 Å². The van der Waals surface area contributed by atoms with Crippen LogP contribution in [-0.2, 0) is 0 Å². The maximum Gasteiger partial charge on any atom is 0.339 e. The van der Waals surface area contributed by atoms with Crippen molar-refractivity contribution in [2.45, 2.75) is 12.5 Å². The molecule has 0 aliphatic rings. The Bertz CT molecular complexity index is 423. The minimum atomic E-state index is -3.11. The average molecular weight is 235 g/mol. The molecule has 0 aliphatic heterocycles. The molecule has 1 aromatic rings. The van der Waals surface area contributed by atoms with Crippen LogP contribution >= 0.6 is 0 Å². The van der Waals surface area contributed by atoms with E-state index < -0.39 is 41.1 Å². The number of carboxylic acids is 1. The van der Waals surface area contributed by atoms with Crippen LogP contribution in [0.5, 0.6) is 5.75 Å². The van der Waals surface area contributed by atoms with Gasteiger partial charge in [-0.05, 0) is 12.1 Å². The summed E-state index contributed by atoms with van der Waals surface area (Å²) in [6.07, 6.45) is -3.11. The molecular formula is C9H8F3NO3. The maximum absolute atomic E-state index is 13.1. The van der Waals surface area contributed by atoms with Gasteiger partial charge in [0.1, 0.15) is 17.1 Å². The molecule has 88 valence electrons. The Labute approximate surface area is 88.1 Å². The van der Waals surface area contributed by atoms with Crippen molar-refractivity contribution in [3.8, 4) is 5.75 Å². The molecule has 1 aromatic carbocycles. The highest BCUT2D eigenvalue weighted by Gasteiger charge is 2.27. The SMILES string of the molecule is N[C@H](c1c(F)ccc(C(=O)O)c1O)C(F)F. The largest absolute Gasteiger partial charge is 0.507 e. The highest BCUT2D eigenvalue weighted by atomic mass is 19.3. The topological polar surface area (TPSA) is 83.6 Å². The Morgan fingerprint density at radius 3 is 2.38 bits per heavy atom. The number of nitrogens with two attached hydrogens (primary N) is 1. The molecule has 0 saturated heterocycles. The molecule has 7 heteroatoms. The van der Waals surface area contributed by atoms with Crippen molar-refractivity contribution in [1.82, 2.24) is 0 Å². The van der Waals surface area contributed by atoms with Gasteiger partial charge in [-0.3, -0.25) is 0 Å². The Morgan fingerprint density at radius 2 is 1.94 bits per heavy atom. The zero-order chi connectivity index (χ0) is 12.5. The number of aromatic carboxylic acids is 1. The van der Waals surface area contributed by atoms with Gasteiger partial charge in [0.15, 0.2) is 0 Å². The van der Waals surface area contributed by atoms with Crippen LogP contribution in [-0.4, -0.2) is 22.6 Å². The zero-order valence-corrected chi connectivity index (χ0v) is 7.82. The Kier molecular flexibility index (Phi) is 3.38. The molecule has 1 atom stereocenters. The van der Waals surface area contributed by atoms with Crippen molar-refractivity contribution < 1.29 is 28.2 Å². The van der Waals surface area contributed by atoms with Gasteiger partial charge in [0.2, 0.25) is 0 Å². The van der Waals surface area contributed by atoms with Gasteiger partial charge in [0.05, 0.1) is 11.6 Å². The minimum Gasteiger partial charge on any atom is -0.507 e. The number of hydrogen-bond donors (Lipinski definition) is 3. The molecule has 0 radical (unpaired) electrons. The maximum atomic E-state index is 13.1. The summed E-state index contributed by atoms with van der Waals surface area (Å²) in [5.41, 5.74) is 3.40. The van der Waals surface area contributed by atoms with Crippen LogP contribution in [0.2, 0.25) is 0 Å². The number of hydrogen-bond acceptors (Lipinski definition) is 3. The molecule has 0 bridgehead atoms. The molecule has 0 amide bonds. The fraction of sp³-hybridized carbons (Fsp3) is 0.222. The summed E-state index contributed by atoms with van der Waals surface area (Å²) in [5.74, 6) is -3.80. The van der Waals surface area contributed by atoms with E-state index in [0.29, 0.717) is 6.07 Å². The van der Waals surface area contributed by atoms with E-state index in [4.69, 9.17) is 10.8 Å². The minimum absolute atomic E-state index is 0.667.